The van der Waals surface area contributed by atoms with Gasteiger partial charge in [0.25, 0.3) is 0 Å². The van der Waals surface area contributed by atoms with Crippen molar-refractivity contribution in [1.82, 2.24) is 15.0 Å². The van der Waals surface area contributed by atoms with Crippen molar-refractivity contribution in [2.45, 2.75) is 19.6 Å². The largest absolute Gasteiger partial charge is 0.456 e. The zero-order chi connectivity index (χ0) is 33.3. The fourth-order valence-corrected chi connectivity index (χ4v) is 10.7. The molecule has 238 valence electrons. The van der Waals surface area contributed by atoms with Crippen molar-refractivity contribution < 1.29 is 4.42 Å². The van der Waals surface area contributed by atoms with E-state index in [1.165, 1.54) is 19.6 Å². The molecule has 0 spiro atoms. The average Bonchev–Trinajstić information content (AvgIpc) is 3.59. The quantitative estimate of drug-likeness (QED) is 0.171. The molecule has 9 rings (SSSR count). The van der Waals surface area contributed by atoms with E-state index in [1.807, 2.05) is 60.7 Å². The highest BCUT2D eigenvalue weighted by Gasteiger charge is 2.33. The predicted molar refractivity (Wildman–Crippen MR) is 203 cm³/mol. The van der Waals surface area contributed by atoms with Crippen LogP contribution in [0.1, 0.15) is 0 Å². The minimum Gasteiger partial charge on any atom is -0.456 e. The van der Waals surface area contributed by atoms with Gasteiger partial charge < -0.3 is 4.42 Å². The lowest BCUT2D eigenvalue weighted by Crippen LogP contribution is -2.05. The molecule has 0 aliphatic rings. The van der Waals surface area contributed by atoms with Gasteiger partial charge in [-0.2, -0.15) is 0 Å². The van der Waals surface area contributed by atoms with Crippen molar-refractivity contribution >= 4 is 32.0 Å². The molecule has 0 aliphatic heterocycles. The van der Waals surface area contributed by atoms with Crippen LogP contribution in [0.2, 0.25) is 0 Å². The maximum absolute atomic E-state index is 6.23. The molecular formula is C45H31N3OS. The maximum atomic E-state index is 6.23. The SMILES string of the molecule is c1ccc(-c2nc(-c3ccc(S(c4ccccc4)(c4ccccc4)c4ccccc4)cc3)nc(-c3cccc4oc5ccccc5c34)n2)cc1. The van der Waals surface area contributed by atoms with Crippen LogP contribution in [0, 0.1) is 0 Å². The minimum absolute atomic E-state index is 0.605. The first-order chi connectivity index (χ1) is 24.8. The Labute approximate surface area is 292 Å². The number of aromatic nitrogens is 3. The Kier molecular flexibility index (Phi) is 7.52. The zero-order valence-electron chi connectivity index (χ0n) is 27.1. The molecule has 5 heteroatoms. The van der Waals surface area contributed by atoms with E-state index in [2.05, 4.69) is 127 Å². The molecule has 0 fully saturated rings. The highest BCUT2D eigenvalue weighted by Crippen LogP contribution is 2.73. The number of benzene rings is 7. The van der Waals surface area contributed by atoms with Gasteiger partial charge in [-0.1, -0.05) is 127 Å². The Balaban J connectivity index is 1.24. The summed E-state index contributed by atoms with van der Waals surface area (Å²) in [5, 5.41) is 2.03. The van der Waals surface area contributed by atoms with Gasteiger partial charge in [0.2, 0.25) is 0 Å². The normalized spacial score (nSPS) is 11.9. The number of nitrogens with zero attached hydrogens (tertiary/aromatic N) is 3. The summed E-state index contributed by atoms with van der Waals surface area (Å²) < 4.78 is 6.23. The van der Waals surface area contributed by atoms with Crippen LogP contribution in [0.25, 0.3) is 56.1 Å². The number of para-hydroxylation sites is 1. The Bertz CT molecular complexity index is 2470. The van der Waals surface area contributed by atoms with Gasteiger partial charge >= 0.3 is 0 Å². The third kappa shape index (κ3) is 5.07. The smallest absolute Gasteiger partial charge is 0.164 e. The highest BCUT2D eigenvalue weighted by molar-refractivity contribution is 8.34. The Morgan fingerprint density at radius 2 is 0.780 bits per heavy atom. The molecule has 0 aliphatic carbocycles. The van der Waals surface area contributed by atoms with Crippen molar-refractivity contribution in [3.63, 3.8) is 0 Å². The number of hydrogen-bond acceptors (Lipinski definition) is 4. The number of hydrogen-bond donors (Lipinski definition) is 0. The van der Waals surface area contributed by atoms with E-state index in [-0.39, 0.29) is 0 Å². The molecule has 0 saturated carbocycles. The molecule has 2 aromatic heterocycles. The number of rotatable bonds is 7. The predicted octanol–water partition coefficient (Wildman–Crippen LogP) is 12.1. The molecule has 7 aromatic carbocycles. The molecule has 9 aromatic rings. The summed E-state index contributed by atoms with van der Waals surface area (Å²) in [5.74, 6) is 1.84. The van der Waals surface area contributed by atoms with Crippen LogP contribution >= 0.6 is 10.0 Å². The summed E-state index contributed by atoms with van der Waals surface area (Å²) in [6.07, 6.45) is 0. The Morgan fingerprint density at radius 1 is 0.340 bits per heavy atom. The fourth-order valence-electron chi connectivity index (χ4n) is 6.80. The molecule has 50 heavy (non-hydrogen) atoms. The molecule has 0 unspecified atom stereocenters. The first-order valence-electron chi connectivity index (χ1n) is 16.6. The van der Waals surface area contributed by atoms with E-state index < -0.39 is 10.0 Å². The summed E-state index contributed by atoms with van der Waals surface area (Å²) >= 11 is 0. The van der Waals surface area contributed by atoms with E-state index in [0.29, 0.717) is 17.5 Å². The molecule has 0 saturated heterocycles. The molecule has 0 N–H and O–H groups in total. The van der Waals surface area contributed by atoms with Crippen LogP contribution < -0.4 is 0 Å². The van der Waals surface area contributed by atoms with Crippen LogP contribution in [0.15, 0.2) is 212 Å². The molecule has 2 heterocycles. The maximum Gasteiger partial charge on any atom is 0.164 e. The van der Waals surface area contributed by atoms with Crippen LogP contribution in [0.4, 0.5) is 0 Å². The van der Waals surface area contributed by atoms with E-state index >= 15 is 0 Å². The van der Waals surface area contributed by atoms with Crippen molar-refractivity contribution in [1.29, 1.82) is 0 Å². The van der Waals surface area contributed by atoms with Gasteiger partial charge in [-0.3, -0.25) is 0 Å². The van der Waals surface area contributed by atoms with Gasteiger partial charge in [0.05, 0.1) is 0 Å². The molecular weight excluding hydrogens is 631 g/mol. The van der Waals surface area contributed by atoms with Gasteiger partial charge in [0.1, 0.15) is 11.2 Å². The van der Waals surface area contributed by atoms with Crippen molar-refractivity contribution in [2.75, 3.05) is 0 Å². The summed E-state index contributed by atoms with van der Waals surface area (Å²) in [7, 11) is -1.81. The minimum atomic E-state index is -1.81. The van der Waals surface area contributed by atoms with E-state index in [9.17, 15) is 0 Å². The molecule has 0 radical (unpaired) electrons. The molecule has 0 amide bonds. The topological polar surface area (TPSA) is 51.8 Å². The second-order valence-corrected chi connectivity index (χ2v) is 15.1. The second kappa shape index (κ2) is 12.6. The summed E-state index contributed by atoms with van der Waals surface area (Å²) in [4.78, 5) is 20.3. The van der Waals surface area contributed by atoms with Gasteiger partial charge in [-0.05, 0) is 60.7 Å². The van der Waals surface area contributed by atoms with Gasteiger partial charge in [0, 0.05) is 47.0 Å². The van der Waals surface area contributed by atoms with Crippen molar-refractivity contribution in [3.05, 3.63) is 188 Å². The summed E-state index contributed by atoms with van der Waals surface area (Å²) in [5.41, 5.74) is 4.40. The fraction of sp³-hybridized carbons (Fsp3) is 0. The Hall–Kier alpha value is -6.30. The standard InChI is InChI=1S/C45H31N3OS/c1-5-16-32(17-6-1)43-46-44(48-45(47-43)39-25-15-27-41-42(39)38-24-13-14-26-40(38)49-41)33-28-30-37(31-29-33)50(34-18-7-2-8-19-34,35-20-9-3-10-21-35)36-22-11-4-12-23-36/h1-31H. The lowest BCUT2D eigenvalue weighted by Gasteiger charge is -2.42. The first kappa shape index (κ1) is 29.8. The summed E-state index contributed by atoms with van der Waals surface area (Å²) in [6.45, 7) is 0. The molecule has 0 atom stereocenters. The molecule has 0 bridgehead atoms. The van der Waals surface area contributed by atoms with E-state index in [0.717, 1.165) is 38.6 Å². The summed E-state index contributed by atoms with van der Waals surface area (Å²) in [6, 6.07) is 65.7. The van der Waals surface area contributed by atoms with Crippen molar-refractivity contribution in [2.24, 2.45) is 0 Å². The monoisotopic (exact) mass is 661 g/mol. The third-order valence-electron chi connectivity index (χ3n) is 9.07. The van der Waals surface area contributed by atoms with Crippen molar-refractivity contribution in [3.8, 4) is 34.2 Å². The van der Waals surface area contributed by atoms with Crippen LogP contribution in [-0.2, 0) is 0 Å². The second-order valence-electron chi connectivity index (χ2n) is 12.0. The number of furan rings is 1. The van der Waals surface area contributed by atoms with E-state index in [4.69, 9.17) is 19.4 Å². The number of fused-ring (bicyclic) bond motifs is 3. The lowest BCUT2D eigenvalue weighted by atomic mass is 10.1. The third-order valence-corrected chi connectivity index (χ3v) is 13.0. The van der Waals surface area contributed by atoms with E-state index in [1.54, 1.807) is 0 Å². The van der Waals surface area contributed by atoms with Crippen LogP contribution in [-0.4, -0.2) is 15.0 Å². The first-order valence-corrected chi connectivity index (χ1v) is 18.2. The Morgan fingerprint density at radius 3 is 1.36 bits per heavy atom. The average molecular weight is 662 g/mol. The highest BCUT2D eigenvalue weighted by atomic mass is 32.3. The van der Waals surface area contributed by atoms with Gasteiger partial charge in [-0.25, -0.2) is 15.0 Å². The van der Waals surface area contributed by atoms with Crippen LogP contribution in [0.5, 0.6) is 0 Å². The van der Waals surface area contributed by atoms with Gasteiger partial charge in [0.15, 0.2) is 17.5 Å². The van der Waals surface area contributed by atoms with Crippen LogP contribution in [0.3, 0.4) is 0 Å². The zero-order valence-corrected chi connectivity index (χ0v) is 27.9. The van der Waals surface area contributed by atoms with Gasteiger partial charge in [-0.15, -0.1) is 10.0 Å². The molecule has 4 nitrogen and oxygen atoms in total. The lowest BCUT2D eigenvalue weighted by molar-refractivity contribution is 0.669.